The van der Waals surface area contributed by atoms with E-state index in [0.29, 0.717) is 5.92 Å². The summed E-state index contributed by atoms with van der Waals surface area (Å²) in [5.41, 5.74) is 7.94. The van der Waals surface area contributed by atoms with Gasteiger partial charge in [0, 0.05) is 22.7 Å². The Balaban J connectivity index is 1.85. The maximum Gasteiger partial charge on any atom is 0.0719 e. The van der Waals surface area contributed by atoms with Crippen molar-refractivity contribution in [3.05, 3.63) is 96.8 Å². The monoisotopic (exact) mass is 374 g/mol. The van der Waals surface area contributed by atoms with Crippen LogP contribution in [-0.2, 0) is 0 Å². The first-order chi connectivity index (χ1) is 14.2. The summed E-state index contributed by atoms with van der Waals surface area (Å²) in [6.07, 6.45) is 1.90. The molecule has 0 saturated carbocycles. The lowest BCUT2D eigenvalue weighted by molar-refractivity contribution is 0.830. The molecule has 5 rings (SSSR count). The van der Waals surface area contributed by atoms with Crippen LogP contribution in [0.4, 0.5) is 0 Å². The number of pyridine rings is 2. The molecule has 0 bridgehead atoms. The number of benzene rings is 3. The second kappa shape index (κ2) is 7.14. The Morgan fingerprint density at radius 2 is 1.21 bits per heavy atom. The second-order valence-electron chi connectivity index (χ2n) is 7.73. The van der Waals surface area contributed by atoms with Crippen molar-refractivity contribution < 1.29 is 0 Å². The van der Waals surface area contributed by atoms with E-state index in [9.17, 15) is 0 Å². The molecule has 3 aromatic carbocycles. The van der Waals surface area contributed by atoms with Gasteiger partial charge in [-0.15, -0.1) is 0 Å². The van der Waals surface area contributed by atoms with Crippen LogP contribution in [0, 0.1) is 0 Å². The van der Waals surface area contributed by atoms with E-state index in [2.05, 4.69) is 97.7 Å². The molecule has 0 spiro atoms. The van der Waals surface area contributed by atoms with Gasteiger partial charge in [0.15, 0.2) is 0 Å². The van der Waals surface area contributed by atoms with E-state index < -0.39 is 0 Å². The Hall–Kier alpha value is -3.52. The number of rotatable bonds is 3. The van der Waals surface area contributed by atoms with E-state index in [1.807, 2.05) is 12.3 Å². The highest BCUT2D eigenvalue weighted by atomic mass is 14.7. The molecular weight excluding hydrogens is 352 g/mol. The lowest BCUT2D eigenvalue weighted by atomic mass is 9.95. The summed E-state index contributed by atoms with van der Waals surface area (Å²) in [5, 5.41) is 2.28. The average Bonchev–Trinajstić information content (AvgIpc) is 2.77. The zero-order valence-electron chi connectivity index (χ0n) is 16.6. The molecule has 0 atom stereocenters. The lowest BCUT2D eigenvalue weighted by Crippen LogP contribution is -1.96. The maximum atomic E-state index is 5.02. The van der Waals surface area contributed by atoms with Gasteiger partial charge in [-0.2, -0.15) is 0 Å². The molecule has 2 heterocycles. The van der Waals surface area contributed by atoms with Crippen LogP contribution in [0.15, 0.2) is 91.1 Å². The Labute approximate surface area is 170 Å². The van der Waals surface area contributed by atoms with Crippen molar-refractivity contribution in [3.8, 4) is 22.3 Å². The predicted octanol–water partition coefficient (Wildman–Crippen LogP) is 7.24. The number of hydrogen-bond acceptors (Lipinski definition) is 2. The minimum absolute atomic E-state index is 0.361. The Morgan fingerprint density at radius 3 is 1.86 bits per heavy atom. The molecule has 0 aliphatic heterocycles. The molecular formula is C27H22N2. The third-order valence-electron chi connectivity index (χ3n) is 5.45. The van der Waals surface area contributed by atoms with E-state index >= 15 is 0 Å². The van der Waals surface area contributed by atoms with E-state index in [4.69, 9.17) is 4.98 Å². The average molecular weight is 374 g/mol. The molecule has 0 saturated heterocycles. The van der Waals surface area contributed by atoms with Gasteiger partial charge in [-0.25, -0.2) is 0 Å². The van der Waals surface area contributed by atoms with Crippen LogP contribution in [0.3, 0.4) is 0 Å². The molecule has 2 aromatic heterocycles. The van der Waals surface area contributed by atoms with Crippen molar-refractivity contribution >= 4 is 21.8 Å². The number of hydrogen-bond donors (Lipinski definition) is 0. The number of fused-ring (bicyclic) bond motifs is 2. The molecule has 0 radical (unpaired) electrons. The quantitative estimate of drug-likeness (QED) is 0.311. The van der Waals surface area contributed by atoms with E-state index in [1.165, 1.54) is 22.3 Å². The minimum Gasteiger partial charge on any atom is -0.256 e. The van der Waals surface area contributed by atoms with Crippen LogP contribution in [0.25, 0.3) is 44.1 Å². The molecule has 0 aliphatic carbocycles. The highest BCUT2D eigenvalue weighted by Crippen LogP contribution is 2.35. The van der Waals surface area contributed by atoms with Crippen LogP contribution in [0.1, 0.15) is 25.5 Å². The van der Waals surface area contributed by atoms with Crippen molar-refractivity contribution in [2.75, 3.05) is 0 Å². The molecule has 2 heteroatoms. The summed E-state index contributed by atoms with van der Waals surface area (Å²) in [4.78, 5) is 9.70. The zero-order valence-corrected chi connectivity index (χ0v) is 16.6. The van der Waals surface area contributed by atoms with Crippen LogP contribution in [0.2, 0.25) is 0 Å². The van der Waals surface area contributed by atoms with Gasteiger partial charge in [-0.3, -0.25) is 9.97 Å². The first-order valence-electron chi connectivity index (χ1n) is 10.0. The summed E-state index contributed by atoms with van der Waals surface area (Å²) in [6.45, 7) is 4.39. The summed E-state index contributed by atoms with van der Waals surface area (Å²) in [6, 6.07) is 29.8. The van der Waals surface area contributed by atoms with Gasteiger partial charge in [0.05, 0.1) is 11.0 Å². The number of aromatic nitrogens is 2. The summed E-state index contributed by atoms with van der Waals surface area (Å²) >= 11 is 0. The molecule has 5 aromatic rings. The van der Waals surface area contributed by atoms with Crippen molar-refractivity contribution in [1.29, 1.82) is 0 Å². The SMILES string of the molecule is CC(C)c1cc(-c2ccccc2)c2cc3nccc(-c4ccccc4)c3cc2n1. The fourth-order valence-electron chi connectivity index (χ4n) is 3.91. The fourth-order valence-corrected chi connectivity index (χ4v) is 3.91. The van der Waals surface area contributed by atoms with E-state index in [1.54, 1.807) is 0 Å². The van der Waals surface area contributed by atoms with Crippen molar-refractivity contribution in [2.45, 2.75) is 19.8 Å². The highest BCUT2D eigenvalue weighted by Gasteiger charge is 2.13. The molecule has 0 amide bonds. The lowest BCUT2D eigenvalue weighted by Gasteiger charge is -2.14. The van der Waals surface area contributed by atoms with Crippen molar-refractivity contribution in [1.82, 2.24) is 9.97 Å². The van der Waals surface area contributed by atoms with Crippen LogP contribution < -0.4 is 0 Å². The van der Waals surface area contributed by atoms with Crippen molar-refractivity contribution in [3.63, 3.8) is 0 Å². The zero-order chi connectivity index (χ0) is 19.8. The summed E-state index contributed by atoms with van der Waals surface area (Å²) < 4.78 is 0. The smallest absolute Gasteiger partial charge is 0.0719 e. The summed E-state index contributed by atoms with van der Waals surface area (Å²) in [5.74, 6) is 0.361. The van der Waals surface area contributed by atoms with E-state index in [-0.39, 0.29) is 0 Å². The molecule has 29 heavy (non-hydrogen) atoms. The largest absolute Gasteiger partial charge is 0.256 e. The van der Waals surface area contributed by atoms with Gasteiger partial charge in [-0.05, 0) is 52.4 Å². The third-order valence-corrected chi connectivity index (χ3v) is 5.45. The number of nitrogens with zero attached hydrogens (tertiary/aromatic N) is 2. The van der Waals surface area contributed by atoms with Gasteiger partial charge in [0.1, 0.15) is 0 Å². The summed E-state index contributed by atoms with van der Waals surface area (Å²) in [7, 11) is 0. The first kappa shape index (κ1) is 17.6. The topological polar surface area (TPSA) is 25.8 Å². The highest BCUT2D eigenvalue weighted by molar-refractivity contribution is 6.06. The Bertz CT molecular complexity index is 1310. The van der Waals surface area contributed by atoms with E-state index in [0.717, 1.165) is 27.5 Å². The first-order valence-corrected chi connectivity index (χ1v) is 10.0. The van der Waals surface area contributed by atoms with Crippen LogP contribution in [0.5, 0.6) is 0 Å². The molecule has 0 N–H and O–H groups in total. The predicted molar refractivity (Wildman–Crippen MR) is 122 cm³/mol. The van der Waals surface area contributed by atoms with Gasteiger partial charge >= 0.3 is 0 Å². The van der Waals surface area contributed by atoms with Crippen LogP contribution in [-0.4, -0.2) is 9.97 Å². The molecule has 0 aliphatic rings. The second-order valence-corrected chi connectivity index (χ2v) is 7.73. The molecule has 0 fully saturated rings. The molecule has 0 unspecified atom stereocenters. The Morgan fingerprint density at radius 1 is 0.621 bits per heavy atom. The van der Waals surface area contributed by atoms with Gasteiger partial charge < -0.3 is 0 Å². The third kappa shape index (κ3) is 3.17. The van der Waals surface area contributed by atoms with Crippen LogP contribution >= 0.6 is 0 Å². The normalized spacial score (nSPS) is 11.4. The molecule has 2 nitrogen and oxygen atoms in total. The Kier molecular flexibility index (Phi) is 4.33. The minimum atomic E-state index is 0.361. The fraction of sp³-hybridized carbons (Fsp3) is 0.111. The standard InChI is InChI=1S/C27H22N2/c1-18(2)25-15-22(20-11-7-4-8-12-20)24-16-26-23(17-27(24)29-25)21(13-14-28-26)19-9-5-3-6-10-19/h3-18H,1-2H3. The molecule has 140 valence electrons. The van der Waals surface area contributed by atoms with Gasteiger partial charge in [0.2, 0.25) is 0 Å². The van der Waals surface area contributed by atoms with Crippen molar-refractivity contribution in [2.24, 2.45) is 0 Å². The maximum absolute atomic E-state index is 5.02. The van der Waals surface area contributed by atoms with Gasteiger partial charge in [-0.1, -0.05) is 74.5 Å². The van der Waals surface area contributed by atoms with Gasteiger partial charge in [0.25, 0.3) is 0 Å².